The van der Waals surface area contributed by atoms with Gasteiger partial charge in [-0.2, -0.15) is 0 Å². The number of rotatable bonds is 70. The van der Waals surface area contributed by atoms with E-state index in [1.54, 1.807) is 0 Å². The third-order valence-electron chi connectivity index (χ3n) is 17.5. The molecule has 0 saturated heterocycles. The van der Waals surface area contributed by atoms with Crippen LogP contribution in [0.2, 0.25) is 0 Å². The summed E-state index contributed by atoms with van der Waals surface area (Å²) in [5.41, 5.74) is 0. The summed E-state index contributed by atoms with van der Waals surface area (Å²) in [4.78, 5) is 24.6. The quantitative estimate of drug-likeness (QED) is 0.0320. The van der Waals surface area contributed by atoms with Crippen LogP contribution in [-0.4, -0.2) is 47.4 Å². The van der Waals surface area contributed by atoms with Crippen molar-refractivity contribution in [2.24, 2.45) is 0 Å². The van der Waals surface area contributed by atoms with Crippen LogP contribution in [0.15, 0.2) is 24.3 Å². The first-order chi connectivity index (χ1) is 40.0. The average molecular weight is 1140 g/mol. The van der Waals surface area contributed by atoms with E-state index in [0.29, 0.717) is 25.9 Å². The van der Waals surface area contributed by atoms with Crippen molar-refractivity contribution < 1.29 is 24.5 Å². The third kappa shape index (κ3) is 67.3. The first-order valence-electron chi connectivity index (χ1n) is 37.1. The lowest BCUT2D eigenvalue weighted by atomic mass is 10.0. The van der Waals surface area contributed by atoms with Crippen LogP contribution in [0.1, 0.15) is 418 Å². The zero-order chi connectivity index (χ0) is 58.5. The number of unbranched alkanes of at least 4 members (excludes halogenated alkanes) is 55. The molecule has 480 valence electrons. The van der Waals surface area contributed by atoms with Gasteiger partial charge in [0, 0.05) is 12.8 Å². The van der Waals surface area contributed by atoms with Gasteiger partial charge in [0.1, 0.15) is 0 Å². The zero-order valence-corrected chi connectivity index (χ0v) is 55.0. The van der Waals surface area contributed by atoms with Crippen molar-refractivity contribution in [1.29, 1.82) is 0 Å². The Morgan fingerprint density at radius 1 is 0.333 bits per heavy atom. The highest BCUT2D eigenvalue weighted by atomic mass is 16.5. The average Bonchev–Trinajstić information content (AvgIpc) is 3.47. The van der Waals surface area contributed by atoms with E-state index in [1.165, 1.54) is 340 Å². The number of ether oxygens (including phenoxy) is 1. The fourth-order valence-corrected chi connectivity index (χ4v) is 11.8. The summed E-state index contributed by atoms with van der Waals surface area (Å²) in [7, 11) is 0. The molecule has 3 N–H and O–H groups in total. The van der Waals surface area contributed by atoms with E-state index in [9.17, 15) is 19.8 Å². The lowest BCUT2D eigenvalue weighted by Crippen LogP contribution is -2.45. The Balaban J connectivity index is 3.35. The van der Waals surface area contributed by atoms with Crippen molar-refractivity contribution in [2.75, 3.05) is 13.2 Å². The van der Waals surface area contributed by atoms with Gasteiger partial charge in [0.15, 0.2) is 0 Å². The number of amides is 1. The van der Waals surface area contributed by atoms with Gasteiger partial charge in [-0.1, -0.05) is 353 Å². The zero-order valence-electron chi connectivity index (χ0n) is 55.0. The first-order valence-corrected chi connectivity index (χ1v) is 37.1. The second-order valence-corrected chi connectivity index (χ2v) is 25.6. The molecule has 0 spiro atoms. The highest BCUT2D eigenvalue weighted by Crippen LogP contribution is 2.19. The van der Waals surface area contributed by atoms with E-state index in [-0.39, 0.29) is 18.5 Å². The topological polar surface area (TPSA) is 95.9 Å². The Bertz CT molecular complexity index is 1270. The van der Waals surface area contributed by atoms with Crippen molar-refractivity contribution in [1.82, 2.24) is 5.32 Å². The van der Waals surface area contributed by atoms with Gasteiger partial charge in [-0.05, 0) is 77.0 Å². The van der Waals surface area contributed by atoms with Crippen LogP contribution in [0.25, 0.3) is 0 Å². The van der Waals surface area contributed by atoms with Crippen molar-refractivity contribution in [3.05, 3.63) is 24.3 Å². The molecular formula is C75H145NO5. The number of esters is 1. The predicted octanol–water partition coefficient (Wildman–Crippen LogP) is 24.1. The Morgan fingerprint density at radius 3 is 0.877 bits per heavy atom. The molecule has 0 heterocycles. The fraction of sp³-hybridized carbons (Fsp3) is 0.920. The Morgan fingerprint density at radius 2 is 0.580 bits per heavy atom. The minimum absolute atomic E-state index is 0.0151. The molecule has 0 radical (unpaired) electrons. The molecule has 0 fully saturated rings. The number of allylic oxidation sites excluding steroid dienone is 4. The second kappa shape index (κ2) is 70.8. The van der Waals surface area contributed by atoms with E-state index in [0.717, 1.165) is 44.9 Å². The first kappa shape index (κ1) is 79.3. The van der Waals surface area contributed by atoms with Gasteiger partial charge in [0.2, 0.25) is 5.91 Å². The number of hydrogen-bond acceptors (Lipinski definition) is 5. The van der Waals surface area contributed by atoms with Gasteiger partial charge in [0.25, 0.3) is 0 Å². The third-order valence-corrected chi connectivity index (χ3v) is 17.5. The molecule has 0 bridgehead atoms. The lowest BCUT2D eigenvalue weighted by molar-refractivity contribution is -0.143. The van der Waals surface area contributed by atoms with Gasteiger partial charge in [-0.25, -0.2) is 0 Å². The summed E-state index contributed by atoms with van der Waals surface area (Å²) in [6.07, 6.45) is 89.6. The summed E-state index contributed by atoms with van der Waals surface area (Å²) < 4.78 is 5.51. The molecule has 2 unspecified atom stereocenters. The predicted molar refractivity (Wildman–Crippen MR) is 356 cm³/mol. The van der Waals surface area contributed by atoms with Crippen LogP contribution in [0.3, 0.4) is 0 Å². The molecule has 81 heavy (non-hydrogen) atoms. The highest BCUT2D eigenvalue weighted by molar-refractivity contribution is 5.76. The SMILES string of the molecule is CCCCCCCCC/C=C\CCCCCCCCCC(=O)OCCCCCCCCCCCCCC/C=C\CCCCCCCCCCCCCCCCC(=O)NC(CO)C(O)CCCCCCCCCCCCCCCCCC. The molecular weight excluding hydrogens is 995 g/mol. The highest BCUT2D eigenvalue weighted by Gasteiger charge is 2.20. The van der Waals surface area contributed by atoms with Crippen molar-refractivity contribution in [3.8, 4) is 0 Å². The number of carbonyl (C=O) groups is 2. The molecule has 2 atom stereocenters. The van der Waals surface area contributed by atoms with E-state index >= 15 is 0 Å². The molecule has 0 aromatic heterocycles. The minimum Gasteiger partial charge on any atom is -0.466 e. The summed E-state index contributed by atoms with van der Waals surface area (Å²) in [5.74, 6) is -0.0149. The monoisotopic (exact) mass is 1140 g/mol. The molecule has 0 saturated carbocycles. The largest absolute Gasteiger partial charge is 0.466 e. The molecule has 0 aliphatic carbocycles. The van der Waals surface area contributed by atoms with Gasteiger partial charge in [-0.3, -0.25) is 9.59 Å². The smallest absolute Gasteiger partial charge is 0.305 e. The molecule has 0 rings (SSSR count). The van der Waals surface area contributed by atoms with E-state index in [2.05, 4.69) is 43.5 Å². The summed E-state index contributed by atoms with van der Waals surface area (Å²) >= 11 is 0. The van der Waals surface area contributed by atoms with E-state index < -0.39 is 12.1 Å². The Kier molecular flexibility index (Phi) is 69.4. The van der Waals surface area contributed by atoms with E-state index in [4.69, 9.17) is 4.74 Å². The molecule has 6 heteroatoms. The molecule has 0 aliphatic heterocycles. The van der Waals surface area contributed by atoms with Crippen molar-refractivity contribution in [2.45, 2.75) is 431 Å². The van der Waals surface area contributed by atoms with Crippen LogP contribution in [-0.2, 0) is 14.3 Å². The number of aliphatic hydroxyl groups is 2. The van der Waals surface area contributed by atoms with Crippen LogP contribution in [0.4, 0.5) is 0 Å². The maximum atomic E-state index is 12.5. The second-order valence-electron chi connectivity index (χ2n) is 25.6. The maximum absolute atomic E-state index is 12.5. The molecule has 1 amide bonds. The number of nitrogens with one attached hydrogen (secondary N) is 1. The van der Waals surface area contributed by atoms with Crippen LogP contribution in [0, 0.1) is 0 Å². The van der Waals surface area contributed by atoms with Crippen LogP contribution >= 0.6 is 0 Å². The standard InChI is InChI=1S/C75H145NO5/c1-3-5-7-9-11-13-15-17-19-21-37-41-45-49-53-57-61-65-69-75(80)81-70-66-62-58-54-50-46-42-38-35-33-31-29-27-25-23-22-24-26-28-30-32-34-36-40-44-48-52-56-60-64-68-74(79)76-72(71-77)73(78)67-63-59-55-51-47-43-39-20-18-16-14-12-10-8-6-4-2/h19,21,23,25,72-73,77-78H,3-18,20,22,24,26-71H2,1-2H3,(H,76,79)/b21-19-,25-23-. The van der Waals surface area contributed by atoms with Gasteiger partial charge in [0.05, 0.1) is 25.4 Å². The normalized spacial score (nSPS) is 12.6. The van der Waals surface area contributed by atoms with Crippen LogP contribution in [0.5, 0.6) is 0 Å². The summed E-state index contributed by atoms with van der Waals surface area (Å²) in [6.45, 7) is 4.99. The number of hydrogen-bond donors (Lipinski definition) is 3. The maximum Gasteiger partial charge on any atom is 0.305 e. The summed E-state index contributed by atoms with van der Waals surface area (Å²) in [6, 6.07) is -0.540. The van der Waals surface area contributed by atoms with Crippen molar-refractivity contribution in [3.63, 3.8) is 0 Å². The molecule has 0 aromatic carbocycles. The number of carbonyl (C=O) groups excluding carboxylic acids is 2. The minimum atomic E-state index is -0.663. The van der Waals surface area contributed by atoms with Gasteiger partial charge in [-0.15, -0.1) is 0 Å². The van der Waals surface area contributed by atoms with Gasteiger partial charge >= 0.3 is 5.97 Å². The van der Waals surface area contributed by atoms with Crippen molar-refractivity contribution >= 4 is 11.9 Å². The fourth-order valence-electron chi connectivity index (χ4n) is 11.8. The molecule has 6 nitrogen and oxygen atoms in total. The molecule has 0 aromatic rings. The molecule has 0 aliphatic rings. The Hall–Kier alpha value is -1.66. The Labute approximate surface area is 507 Å². The van der Waals surface area contributed by atoms with E-state index in [1.807, 2.05) is 0 Å². The van der Waals surface area contributed by atoms with Crippen LogP contribution < -0.4 is 5.32 Å². The lowest BCUT2D eigenvalue weighted by Gasteiger charge is -2.22. The van der Waals surface area contributed by atoms with Gasteiger partial charge < -0.3 is 20.3 Å². The number of aliphatic hydroxyl groups excluding tert-OH is 2. The summed E-state index contributed by atoms with van der Waals surface area (Å²) in [5, 5.41) is 23.4.